The van der Waals surface area contributed by atoms with E-state index in [4.69, 9.17) is 5.73 Å². The Labute approximate surface area is 124 Å². The van der Waals surface area contributed by atoms with Crippen LogP contribution in [0.1, 0.15) is 25.0 Å². The van der Waals surface area contributed by atoms with Crippen molar-refractivity contribution in [2.75, 3.05) is 5.73 Å². The SMILES string of the molecule is CC1(C)/C(=N\O)c2cc(Br)ccc2-c2ncnc(N)c21. The fraction of sp³-hybridized carbons (Fsp3) is 0.214. The van der Waals surface area contributed by atoms with Crippen molar-refractivity contribution in [3.05, 3.63) is 40.1 Å². The Bertz CT molecular complexity index is 740. The van der Waals surface area contributed by atoms with Crippen LogP contribution in [0.15, 0.2) is 34.2 Å². The van der Waals surface area contributed by atoms with Gasteiger partial charge in [0.1, 0.15) is 12.1 Å². The lowest BCUT2D eigenvalue weighted by molar-refractivity contribution is 0.314. The van der Waals surface area contributed by atoms with E-state index < -0.39 is 5.41 Å². The first-order chi connectivity index (χ1) is 9.46. The smallest absolute Gasteiger partial charge is 0.131 e. The summed E-state index contributed by atoms with van der Waals surface area (Å²) < 4.78 is 0.915. The molecule has 0 spiro atoms. The maximum Gasteiger partial charge on any atom is 0.131 e. The number of hydrogen-bond acceptors (Lipinski definition) is 5. The number of nitrogens with two attached hydrogens (primary N) is 1. The van der Waals surface area contributed by atoms with Crippen LogP contribution in [-0.2, 0) is 5.41 Å². The van der Waals surface area contributed by atoms with E-state index in [9.17, 15) is 5.21 Å². The van der Waals surface area contributed by atoms with E-state index in [2.05, 4.69) is 31.1 Å². The summed E-state index contributed by atoms with van der Waals surface area (Å²) in [6.07, 6.45) is 1.46. The van der Waals surface area contributed by atoms with Gasteiger partial charge in [0.05, 0.1) is 11.4 Å². The van der Waals surface area contributed by atoms with Crippen LogP contribution in [0.4, 0.5) is 5.82 Å². The van der Waals surface area contributed by atoms with Gasteiger partial charge in [0.25, 0.3) is 0 Å². The Morgan fingerprint density at radius 3 is 2.70 bits per heavy atom. The third-order valence-corrected chi connectivity index (χ3v) is 4.18. The van der Waals surface area contributed by atoms with E-state index in [0.717, 1.165) is 26.9 Å². The second kappa shape index (κ2) is 4.28. The molecule has 1 heterocycles. The van der Waals surface area contributed by atoms with Gasteiger partial charge >= 0.3 is 0 Å². The van der Waals surface area contributed by atoms with Gasteiger partial charge in [-0.05, 0) is 26.0 Å². The molecule has 1 aliphatic carbocycles. The van der Waals surface area contributed by atoms with E-state index in [0.29, 0.717) is 11.5 Å². The number of oxime groups is 1. The molecule has 5 nitrogen and oxygen atoms in total. The quantitative estimate of drug-likeness (QED) is 0.573. The number of halogens is 1. The third-order valence-electron chi connectivity index (χ3n) is 3.69. The average molecular weight is 333 g/mol. The lowest BCUT2D eigenvalue weighted by Gasteiger charge is -2.34. The summed E-state index contributed by atoms with van der Waals surface area (Å²) >= 11 is 3.44. The zero-order valence-electron chi connectivity index (χ0n) is 11.1. The number of aromatic nitrogens is 2. The largest absolute Gasteiger partial charge is 0.411 e. The van der Waals surface area contributed by atoms with Crippen molar-refractivity contribution in [3.8, 4) is 11.3 Å². The third kappa shape index (κ3) is 1.64. The number of nitrogen functional groups attached to an aromatic ring is 1. The summed E-state index contributed by atoms with van der Waals surface area (Å²) in [6.45, 7) is 3.90. The van der Waals surface area contributed by atoms with Gasteiger partial charge in [-0.1, -0.05) is 27.2 Å². The van der Waals surface area contributed by atoms with Crippen LogP contribution >= 0.6 is 15.9 Å². The fourth-order valence-electron chi connectivity index (χ4n) is 2.77. The minimum atomic E-state index is -0.566. The molecule has 0 radical (unpaired) electrons. The first-order valence-corrected chi connectivity index (χ1v) is 6.90. The highest BCUT2D eigenvalue weighted by molar-refractivity contribution is 9.10. The van der Waals surface area contributed by atoms with Gasteiger partial charge < -0.3 is 10.9 Å². The number of rotatable bonds is 0. The molecule has 20 heavy (non-hydrogen) atoms. The summed E-state index contributed by atoms with van der Waals surface area (Å²) in [5.41, 5.74) is 9.34. The molecule has 3 rings (SSSR count). The topological polar surface area (TPSA) is 84.4 Å². The van der Waals surface area contributed by atoms with Crippen molar-refractivity contribution in [3.63, 3.8) is 0 Å². The van der Waals surface area contributed by atoms with E-state index in [-0.39, 0.29) is 0 Å². The summed E-state index contributed by atoms with van der Waals surface area (Å²) in [4.78, 5) is 8.44. The molecule has 0 amide bonds. The lowest BCUT2D eigenvalue weighted by atomic mass is 9.70. The van der Waals surface area contributed by atoms with Crippen molar-refractivity contribution in [2.24, 2.45) is 5.16 Å². The van der Waals surface area contributed by atoms with Crippen LogP contribution in [0.2, 0.25) is 0 Å². The molecule has 0 unspecified atom stereocenters. The molecule has 3 N–H and O–H groups in total. The second-order valence-corrected chi connectivity index (χ2v) is 6.16. The highest BCUT2D eigenvalue weighted by Crippen LogP contribution is 2.44. The molecular weight excluding hydrogens is 320 g/mol. The molecule has 2 aromatic rings. The Hall–Kier alpha value is -1.95. The molecule has 1 aliphatic rings. The Balaban J connectivity index is 2.46. The summed E-state index contributed by atoms with van der Waals surface area (Å²) in [5, 5.41) is 13.0. The number of fused-ring (bicyclic) bond motifs is 3. The van der Waals surface area contributed by atoms with Crippen molar-refractivity contribution in [2.45, 2.75) is 19.3 Å². The second-order valence-electron chi connectivity index (χ2n) is 5.25. The van der Waals surface area contributed by atoms with Gasteiger partial charge in [-0.25, -0.2) is 9.97 Å². The fourth-order valence-corrected chi connectivity index (χ4v) is 3.13. The molecule has 0 aliphatic heterocycles. The van der Waals surface area contributed by atoms with Crippen molar-refractivity contribution in [1.29, 1.82) is 0 Å². The van der Waals surface area contributed by atoms with Crippen molar-refractivity contribution in [1.82, 2.24) is 9.97 Å². The molecule has 1 aromatic carbocycles. The number of anilines is 1. The predicted octanol–water partition coefficient (Wildman–Crippen LogP) is 2.96. The Morgan fingerprint density at radius 2 is 2.00 bits per heavy atom. The molecule has 6 heteroatoms. The van der Waals surface area contributed by atoms with Gasteiger partial charge in [0.2, 0.25) is 0 Å². The molecule has 0 bridgehead atoms. The molecule has 0 saturated carbocycles. The van der Waals surface area contributed by atoms with E-state index in [1.165, 1.54) is 6.33 Å². The zero-order chi connectivity index (χ0) is 14.5. The van der Waals surface area contributed by atoms with Gasteiger partial charge in [-0.15, -0.1) is 0 Å². The number of hydrogen-bond donors (Lipinski definition) is 2. The molecule has 1 aromatic heterocycles. The van der Waals surface area contributed by atoms with Gasteiger partial charge in [0.15, 0.2) is 0 Å². The van der Waals surface area contributed by atoms with Crippen LogP contribution < -0.4 is 5.73 Å². The first kappa shape index (κ1) is 13.1. The monoisotopic (exact) mass is 332 g/mol. The number of nitrogens with zero attached hydrogens (tertiary/aromatic N) is 3. The summed E-state index contributed by atoms with van der Waals surface area (Å²) in [5.74, 6) is 0.412. The Morgan fingerprint density at radius 1 is 1.25 bits per heavy atom. The standard InChI is InChI=1S/C14H13BrN4O/c1-14(2)10-11(17-6-18-13(10)16)8-4-3-7(15)5-9(8)12(14)19-20/h3-6,20H,1-2H3,(H2,16,17,18)/b19-12-. The van der Waals surface area contributed by atoms with Crippen molar-refractivity contribution >= 4 is 27.5 Å². The van der Waals surface area contributed by atoms with Gasteiger partial charge in [-0.2, -0.15) is 0 Å². The minimum Gasteiger partial charge on any atom is -0.411 e. The van der Waals surface area contributed by atoms with Gasteiger partial charge in [0, 0.05) is 26.6 Å². The van der Waals surface area contributed by atoms with Crippen LogP contribution in [0.25, 0.3) is 11.3 Å². The average Bonchev–Trinajstić information content (AvgIpc) is 2.38. The van der Waals surface area contributed by atoms with E-state index in [1.807, 2.05) is 32.0 Å². The number of benzene rings is 1. The normalized spacial score (nSPS) is 17.6. The van der Waals surface area contributed by atoms with Crippen LogP contribution in [-0.4, -0.2) is 20.9 Å². The van der Waals surface area contributed by atoms with Crippen LogP contribution in [0.3, 0.4) is 0 Å². The van der Waals surface area contributed by atoms with E-state index in [1.54, 1.807) is 0 Å². The highest BCUT2D eigenvalue weighted by Gasteiger charge is 2.40. The molecule has 0 atom stereocenters. The van der Waals surface area contributed by atoms with E-state index >= 15 is 0 Å². The molecule has 102 valence electrons. The predicted molar refractivity (Wildman–Crippen MR) is 80.9 cm³/mol. The maximum atomic E-state index is 9.47. The van der Waals surface area contributed by atoms with Gasteiger partial charge in [-0.3, -0.25) is 0 Å². The molecule has 0 fully saturated rings. The van der Waals surface area contributed by atoms with Crippen molar-refractivity contribution < 1.29 is 5.21 Å². The Kier molecular flexibility index (Phi) is 2.79. The highest BCUT2D eigenvalue weighted by atomic mass is 79.9. The molecule has 0 saturated heterocycles. The lowest BCUT2D eigenvalue weighted by Crippen LogP contribution is -2.36. The van der Waals surface area contributed by atoms with Crippen LogP contribution in [0, 0.1) is 0 Å². The summed E-state index contributed by atoms with van der Waals surface area (Å²) in [6, 6.07) is 5.78. The molecular formula is C14H13BrN4O. The zero-order valence-corrected chi connectivity index (χ0v) is 12.6. The first-order valence-electron chi connectivity index (χ1n) is 6.10. The summed E-state index contributed by atoms with van der Waals surface area (Å²) in [7, 11) is 0. The minimum absolute atomic E-state index is 0.412. The van der Waals surface area contributed by atoms with Crippen LogP contribution in [0.5, 0.6) is 0 Å². The maximum absolute atomic E-state index is 9.47.